The third-order valence-corrected chi connectivity index (χ3v) is 6.68. The summed E-state index contributed by atoms with van der Waals surface area (Å²) >= 11 is 18.6. The molecule has 1 unspecified atom stereocenters. The number of benzene rings is 2. The molecule has 4 rings (SSSR count). The summed E-state index contributed by atoms with van der Waals surface area (Å²) in [7, 11) is 3.03. The van der Waals surface area contributed by atoms with E-state index in [-0.39, 0.29) is 40.0 Å². The first kappa shape index (κ1) is 26.8. The number of piperazine rings is 1. The zero-order valence-corrected chi connectivity index (χ0v) is 22.2. The predicted octanol–water partition coefficient (Wildman–Crippen LogP) is 2.80. The van der Waals surface area contributed by atoms with Crippen molar-refractivity contribution in [3.8, 4) is 11.5 Å². The van der Waals surface area contributed by atoms with Gasteiger partial charge in [-0.3, -0.25) is 14.5 Å². The van der Waals surface area contributed by atoms with Gasteiger partial charge in [-0.1, -0.05) is 23.2 Å². The number of nitrogens with two attached hydrogens (primary N) is 2. The lowest BCUT2D eigenvalue weighted by atomic mass is 10.1. The number of nitrogens with zero attached hydrogens (tertiary/aromatic N) is 4. The second-order valence-corrected chi connectivity index (χ2v) is 9.45. The number of halogens is 3. The maximum atomic E-state index is 12.8. The Labute approximate surface area is 227 Å². The number of rotatable bonds is 7. The van der Waals surface area contributed by atoms with Crippen LogP contribution >= 0.6 is 34.8 Å². The van der Waals surface area contributed by atoms with E-state index in [1.54, 1.807) is 21.9 Å². The zero-order valence-electron chi connectivity index (χ0n) is 19.9. The zero-order chi connectivity index (χ0) is 26.9. The van der Waals surface area contributed by atoms with Gasteiger partial charge in [0.05, 0.1) is 42.0 Å². The Kier molecular flexibility index (Phi) is 7.98. The van der Waals surface area contributed by atoms with Crippen LogP contribution in [0.25, 0.3) is 10.9 Å². The van der Waals surface area contributed by atoms with Gasteiger partial charge in [0.1, 0.15) is 11.9 Å². The molecule has 2 heterocycles. The third kappa shape index (κ3) is 5.69. The van der Waals surface area contributed by atoms with Crippen LogP contribution in [0.5, 0.6) is 11.5 Å². The number of carbonyl (C=O) groups is 2. The number of nitrogen functional groups attached to an aromatic ring is 1. The maximum Gasteiger partial charge on any atom is 0.241 e. The summed E-state index contributed by atoms with van der Waals surface area (Å²) in [4.78, 5) is 37.5. The molecule has 5 N–H and O–H groups in total. The lowest BCUT2D eigenvalue weighted by Gasteiger charge is -2.40. The lowest BCUT2D eigenvalue weighted by Crippen LogP contribution is -2.59. The molecule has 1 aromatic heterocycles. The van der Waals surface area contributed by atoms with Gasteiger partial charge in [0, 0.05) is 36.8 Å². The number of amides is 2. The van der Waals surface area contributed by atoms with Gasteiger partial charge >= 0.3 is 0 Å². The van der Waals surface area contributed by atoms with Gasteiger partial charge in [0.2, 0.25) is 17.1 Å². The van der Waals surface area contributed by atoms with Crippen LogP contribution in [0.2, 0.25) is 15.3 Å². The summed E-state index contributed by atoms with van der Waals surface area (Å²) in [6, 6.07) is 5.59. The van der Waals surface area contributed by atoms with Gasteiger partial charge < -0.3 is 31.2 Å². The molecule has 1 fully saturated rings. The van der Waals surface area contributed by atoms with E-state index < -0.39 is 11.9 Å². The standard InChI is InChI=1S/C23H24Cl3N7O4/c1-36-17-7-12-15(8-18(17)37-2)29-23(26)31-22(12)33-4-3-32(9-16(33)21(28)35)10-19(34)30-20-13(24)5-11(27)6-14(20)25/h5-8,16H,3-4,9-10,27H2,1-2H3,(H2,28,35)(H,30,34). The molecule has 0 bridgehead atoms. The first-order chi connectivity index (χ1) is 17.6. The highest BCUT2D eigenvalue weighted by Crippen LogP contribution is 2.37. The average Bonchev–Trinajstić information content (AvgIpc) is 2.84. The van der Waals surface area contributed by atoms with E-state index in [0.717, 1.165) is 0 Å². The molecule has 14 heteroatoms. The largest absolute Gasteiger partial charge is 0.493 e. The molecule has 196 valence electrons. The summed E-state index contributed by atoms with van der Waals surface area (Å²) in [5.74, 6) is 0.410. The lowest BCUT2D eigenvalue weighted by molar-refractivity contribution is -0.122. The number of hydrogen-bond acceptors (Lipinski definition) is 9. The normalized spacial score (nSPS) is 16.0. The van der Waals surface area contributed by atoms with Gasteiger partial charge in [-0.05, 0) is 29.8 Å². The van der Waals surface area contributed by atoms with Crippen molar-refractivity contribution in [1.82, 2.24) is 14.9 Å². The Morgan fingerprint density at radius 1 is 1.05 bits per heavy atom. The van der Waals surface area contributed by atoms with E-state index in [1.807, 2.05) is 0 Å². The minimum atomic E-state index is -0.799. The van der Waals surface area contributed by atoms with Crippen LogP contribution in [0.4, 0.5) is 17.2 Å². The number of anilines is 3. The molecular formula is C23H24Cl3N7O4. The predicted molar refractivity (Wildman–Crippen MR) is 144 cm³/mol. The topological polar surface area (TPSA) is 149 Å². The van der Waals surface area contributed by atoms with Crippen LogP contribution in [0.3, 0.4) is 0 Å². The van der Waals surface area contributed by atoms with Crippen molar-refractivity contribution in [1.29, 1.82) is 0 Å². The number of nitrogens with one attached hydrogen (secondary N) is 1. The Morgan fingerprint density at radius 2 is 1.70 bits per heavy atom. The molecule has 0 radical (unpaired) electrons. The number of aromatic nitrogens is 2. The fourth-order valence-corrected chi connectivity index (χ4v) is 4.97. The minimum absolute atomic E-state index is 0.00278. The van der Waals surface area contributed by atoms with Crippen LogP contribution in [0.15, 0.2) is 24.3 Å². The monoisotopic (exact) mass is 567 g/mol. The van der Waals surface area contributed by atoms with Crippen molar-refractivity contribution < 1.29 is 19.1 Å². The smallest absolute Gasteiger partial charge is 0.241 e. The molecule has 1 aliphatic rings. The van der Waals surface area contributed by atoms with E-state index in [0.29, 0.717) is 47.0 Å². The molecule has 0 spiro atoms. The summed E-state index contributed by atoms with van der Waals surface area (Å²) in [5.41, 5.74) is 12.6. The first-order valence-electron chi connectivity index (χ1n) is 11.0. The molecular weight excluding hydrogens is 545 g/mol. The van der Waals surface area contributed by atoms with Gasteiger partial charge in [-0.25, -0.2) is 4.98 Å². The number of ether oxygens (including phenoxy) is 2. The number of primary amides is 1. The Balaban J connectivity index is 1.57. The van der Waals surface area contributed by atoms with E-state index in [9.17, 15) is 9.59 Å². The van der Waals surface area contributed by atoms with Crippen molar-refractivity contribution in [2.75, 3.05) is 56.3 Å². The third-order valence-electron chi connectivity index (χ3n) is 5.91. The highest BCUT2D eigenvalue weighted by molar-refractivity contribution is 6.40. The van der Waals surface area contributed by atoms with E-state index >= 15 is 0 Å². The number of carbonyl (C=O) groups excluding carboxylic acids is 2. The molecule has 3 aromatic rings. The molecule has 0 aliphatic carbocycles. The van der Waals surface area contributed by atoms with Crippen LogP contribution in [-0.2, 0) is 9.59 Å². The van der Waals surface area contributed by atoms with Gasteiger partial charge in [0.15, 0.2) is 11.5 Å². The van der Waals surface area contributed by atoms with E-state index in [1.165, 1.54) is 26.4 Å². The van der Waals surface area contributed by atoms with Crippen molar-refractivity contribution in [3.63, 3.8) is 0 Å². The van der Waals surface area contributed by atoms with Gasteiger partial charge in [-0.2, -0.15) is 4.98 Å². The SMILES string of the molecule is COc1cc2nc(Cl)nc(N3CCN(CC(=O)Nc4c(Cl)cc(N)cc4Cl)CC3C(N)=O)c2cc1OC. The number of fused-ring (bicyclic) bond motifs is 1. The van der Waals surface area contributed by atoms with Crippen LogP contribution in [0.1, 0.15) is 0 Å². The average molecular weight is 569 g/mol. The fraction of sp³-hybridized carbons (Fsp3) is 0.304. The Hall–Kier alpha value is -3.25. The van der Waals surface area contributed by atoms with Crippen molar-refractivity contribution in [2.24, 2.45) is 5.73 Å². The van der Waals surface area contributed by atoms with E-state index in [4.69, 9.17) is 55.7 Å². The first-order valence-corrected chi connectivity index (χ1v) is 12.2. The molecule has 37 heavy (non-hydrogen) atoms. The molecule has 11 nitrogen and oxygen atoms in total. The fourth-order valence-electron chi connectivity index (χ4n) is 4.21. The molecule has 1 atom stereocenters. The molecule has 1 saturated heterocycles. The molecule has 2 aromatic carbocycles. The Morgan fingerprint density at radius 3 is 2.32 bits per heavy atom. The van der Waals surface area contributed by atoms with Crippen LogP contribution in [-0.4, -0.2) is 73.1 Å². The number of methoxy groups -OCH3 is 2. The van der Waals surface area contributed by atoms with E-state index in [2.05, 4.69) is 15.3 Å². The summed E-state index contributed by atoms with van der Waals surface area (Å²) in [6.07, 6.45) is 0. The highest BCUT2D eigenvalue weighted by Gasteiger charge is 2.34. The quantitative estimate of drug-likeness (QED) is 0.289. The highest BCUT2D eigenvalue weighted by atomic mass is 35.5. The minimum Gasteiger partial charge on any atom is -0.493 e. The summed E-state index contributed by atoms with van der Waals surface area (Å²) in [5, 5.41) is 3.74. The van der Waals surface area contributed by atoms with Gasteiger partial charge in [0.25, 0.3) is 0 Å². The number of hydrogen-bond donors (Lipinski definition) is 3. The molecule has 0 saturated carbocycles. The summed E-state index contributed by atoms with van der Waals surface area (Å²) < 4.78 is 10.8. The van der Waals surface area contributed by atoms with Crippen molar-refractivity contribution >= 4 is 74.7 Å². The summed E-state index contributed by atoms with van der Waals surface area (Å²) in [6.45, 7) is 0.908. The second kappa shape index (κ2) is 11.0. The van der Waals surface area contributed by atoms with Crippen LogP contribution in [0, 0.1) is 0 Å². The Bertz CT molecular complexity index is 1350. The maximum absolute atomic E-state index is 12.8. The van der Waals surface area contributed by atoms with Gasteiger partial charge in [-0.15, -0.1) is 0 Å². The van der Waals surface area contributed by atoms with Crippen molar-refractivity contribution in [2.45, 2.75) is 6.04 Å². The molecule has 2 amide bonds. The second-order valence-electron chi connectivity index (χ2n) is 8.29. The van der Waals surface area contributed by atoms with Crippen LogP contribution < -0.4 is 31.2 Å². The molecule has 1 aliphatic heterocycles. The van der Waals surface area contributed by atoms with Crippen molar-refractivity contribution in [3.05, 3.63) is 39.6 Å².